The van der Waals surface area contributed by atoms with Crippen LogP contribution in [0.1, 0.15) is 57.4 Å². The Hall–Kier alpha value is -2.43. The molecule has 0 radical (unpaired) electrons. The van der Waals surface area contributed by atoms with Gasteiger partial charge in [0.05, 0.1) is 22.2 Å². The summed E-state index contributed by atoms with van der Waals surface area (Å²) < 4.78 is 46.0. The van der Waals surface area contributed by atoms with Gasteiger partial charge in [-0.25, -0.2) is 4.79 Å². The second-order valence-electron chi connectivity index (χ2n) is 9.26. The molecule has 1 fully saturated rings. The number of fused-ring (bicyclic) bond motifs is 1. The Morgan fingerprint density at radius 2 is 1.88 bits per heavy atom. The first kappa shape index (κ1) is 24.2. The fraction of sp³-hybridized carbons (Fsp3) is 0.619. The van der Waals surface area contributed by atoms with E-state index in [0.29, 0.717) is 23.3 Å². The third kappa shape index (κ3) is 5.13. The SMILES string of the molecule is Cc1c(C=NCC(=O)OC(C)(C)C)sc2c1c(=O)n(C1(C)CC1)c(=O)n2CCC(F)(F)F. The number of rotatable bonds is 6. The standard InChI is InChI=1S/C21H26F3N3O4S/c1-12-13(10-25-11-14(28)31-19(2,3)4)32-17-15(12)16(29)27(20(5)6-7-20)18(30)26(17)9-8-21(22,23)24/h10H,6-9,11H2,1-5H3. The molecule has 2 aromatic rings. The van der Waals surface area contributed by atoms with Crippen LogP contribution in [0.25, 0.3) is 10.2 Å². The monoisotopic (exact) mass is 473 g/mol. The molecule has 0 aromatic carbocycles. The van der Waals surface area contributed by atoms with E-state index in [0.717, 1.165) is 20.5 Å². The van der Waals surface area contributed by atoms with Gasteiger partial charge < -0.3 is 4.74 Å². The normalized spacial score (nSPS) is 16.1. The Bertz CT molecular complexity index is 1190. The van der Waals surface area contributed by atoms with E-state index in [9.17, 15) is 27.6 Å². The van der Waals surface area contributed by atoms with Gasteiger partial charge in [0.15, 0.2) is 0 Å². The van der Waals surface area contributed by atoms with Gasteiger partial charge >= 0.3 is 17.8 Å². The van der Waals surface area contributed by atoms with E-state index in [1.165, 1.54) is 6.21 Å². The fourth-order valence-electron chi connectivity index (χ4n) is 3.38. The third-order valence-electron chi connectivity index (χ3n) is 5.23. The molecule has 32 heavy (non-hydrogen) atoms. The summed E-state index contributed by atoms with van der Waals surface area (Å²) in [4.78, 5) is 42.8. The lowest BCUT2D eigenvalue weighted by Gasteiger charge is -2.18. The lowest BCUT2D eigenvalue weighted by Crippen LogP contribution is -2.44. The molecule has 1 aliphatic rings. The molecule has 1 aliphatic carbocycles. The van der Waals surface area contributed by atoms with Crippen LogP contribution in [0, 0.1) is 6.92 Å². The highest BCUT2D eigenvalue weighted by atomic mass is 32.1. The lowest BCUT2D eigenvalue weighted by atomic mass is 10.2. The average Bonchev–Trinajstić information content (AvgIpc) is 3.26. The Kier molecular flexibility index (Phi) is 6.18. The number of carbonyl (C=O) groups is 1. The van der Waals surface area contributed by atoms with Gasteiger partial charge in [-0.1, -0.05) is 0 Å². The smallest absolute Gasteiger partial charge is 0.390 e. The molecular weight excluding hydrogens is 447 g/mol. The molecule has 3 rings (SSSR count). The molecule has 1 saturated carbocycles. The zero-order valence-electron chi connectivity index (χ0n) is 18.6. The van der Waals surface area contributed by atoms with Crippen LogP contribution in [0.4, 0.5) is 13.2 Å². The summed E-state index contributed by atoms with van der Waals surface area (Å²) in [6, 6.07) is 0. The van der Waals surface area contributed by atoms with Gasteiger partial charge in [-0.15, -0.1) is 11.3 Å². The van der Waals surface area contributed by atoms with E-state index in [-0.39, 0.29) is 16.8 Å². The van der Waals surface area contributed by atoms with Gasteiger partial charge in [-0.05, 0) is 53.0 Å². The van der Waals surface area contributed by atoms with Crippen molar-refractivity contribution in [2.24, 2.45) is 4.99 Å². The van der Waals surface area contributed by atoms with E-state index in [1.54, 1.807) is 34.6 Å². The van der Waals surface area contributed by atoms with Crippen molar-refractivity contribution in [1.82, 2.24) is 9.13 Å². The highest BCUT2D eigenvalue weighted by Gasteiger charge is 2.43. The number of nitrogens with zero attached hydrogens (tertiary/aromatic N) is 3. The van der Waals surface area contributed by atoms with E-state index in [1.807, 2.05) is 0 Å². The van der Waals surface area contributed by atoms with Crippen LogP contribution < -0.4 is 11.2 Å². The molecule has 0 atom stereocenters. The maximum Gasteiger partial charge on any atom is 0.390 e. The number of ether oxygens (including phenoxy) is 1. The molecule has 2 heterocycles. The van der Waals surface area contributed by atoms with E-state index < -0.39 is 47.5 Å². The van der Waals surface area contributed by atoms with Crippen LogP contribution in [-0.4, -0.2) is 39.6 Å². The Morgan fingerprint density at radius 3 is 2.41 bits per heavy atom. The lowest BCUT2D eigenvalue weighted by molar-refractivity contribution is -0.152. The van der Waals surface area contributed by atoms with Crippen LogP contribution in [0.3, 0.4) is 0 Å². The van der Waals surface area contributed by atoms with Crippen LogP contribution >= 0.6 is 11.3 Å². The van der Waals surface area contributed by atoms with Gasteiger partial charge in [0.2, 0.25) is 0 Å². The number of aryl methyl sites for hydroxylation is 2. The van der Waals surface area contributed by atoms with Crippen molar-refractivity contribution in [2.45, 2.75) is 77.7 Å². The number of alkyl halides is 3. The number of hydrogen-bond donors (Lipinski definition) is 0. The summed E-state index contributed by atoms with van der Waals surface area (Å²) in [7, 11) is 0. The molecule has 7 nitrogen and oxygen atoms in total. The fourth-order valence-corrected chi connectivity index (χ4v) is 4.59. The molecule has 11 heteroatoms. The predicted molar refractivity (Wildman–Crippen MR) is 117 cm³/mol. The second kappa shape index (κ2) is 8.17. The topological polar surface area (TPSA) is 82.7 Å². The van der Waals surface area contributed by atoms with Crippen LogP contribution in [0.15, 0.2) is 14.6 Å². The second-order valence-corrected chi connectivity index (χ2v) is 10.3. The number of carbonyl (C=O) groups excluding carboxylic acids is 1. The van der Waals surface area contributed by atoms with Crippen molar-refractivity contribution in [1.29, 1.82) is 0 Å². The third-order valence-corrected chi connectivity index (χ3v) is 6.48. The molecule has 0 amide bonds. The molecule has 0 N–H and O–H groups in total. The summed E-state index contributed by atoms with van der Waals surface area (Å²) in [5.74, 6) is -0.529. The van der Waals surface area contributed by atoms with Crippen LogP contribution in [-0.2, 0) is 21.6 Å². The Balaban J connectivity index is 2.06. The zero-order chi connectivity index (χ0) is 24.1. The zero-order valence-corrected chi connectivity index (χ0v) is 19.4. The van der Waals surface area contributed by atoms with Crippen molar-refractivity contribution in [3.05, 3.63) is 31.3 Å². The number of aliphatic imine (C=N–C) groups is 1. The number of thiophene rings is 1. The van der Waals surface area contributed by atoms with Gasteiger partial charge in [0, 0.05) is 12.8 Å². The van der Waals surface area contributed by atoms with Crippen molar-refractivity contribution >= 4 is 33.7 Å². The molecule has 0 saturated heterocycles. The van der Waals surface area contributed by atoms with E-state index in [2.05, 4.69) is 4.99 Å². The van der Waals surface area contributed by atoms with Crippen LogP contribution in [0.2, 0.25) is 0 Å². The van der Waals surface area contributed by atoms with Crippen molar-refractivity contribution < 1.29 is 22.7 Å². The maximum absolute atomic E-state index is 13.2. The Labute approximate surface area is 186 Å². The van der Waals surface area contributed by atoms with Gasteiger partial charge in [-0.2, -0.15) is 13.2 Å². The highest BCUT2D eigenvalue weighted by Crippen LogP contribution is 2.41. The molecule has 2 aromatic heterocycles. The molecule has 0 bridgehead atoms. The maximum atomic E-state index is 13.2. The van der Waals surface area contributed by atoms with Crippen LogP contribution in [0.5, 0.6) is 0 Å². The first-order valence-corrected chi connectivity index (χ1v) is 11.0. The van der Waals surface area contributed by atoms with Crippen molar-refractivity contribution in [2.75, 3.05) is 6.54 Å². The molecule has 176 valence electrons. The van der Waals surface area contributed by atoms with Crippen molar-refractivity contribution in [3.8, 4) is 0 Å². The predicted octanol–water partition coefficient (Wildman–Crippen LogP) is 3.76. The average molecular weight is 474 g/mol. The van der Waals surface area contributed by atoms with Crippen molar-refractivity contribution in [3.63, 3.8) is 0 Å². The molecule has 0 spiro atoms. The minimum atomic E-state index is -4.44. The van der Waals surface area contributed by atoms with Gasteiger partial charge in [0.1, 0.15) is 17.0 Å². The highest BCUT2D eigenvalue weighted by molar-refractivity contribution is 7.20. The molecule has 0 unspecified atom stereocenters. The molecule has 0 aliphatic heterocycles. The minimum Gasteiger partial charge on any atom is -0.459 e. The summed E-state index contributed by atoms with van der Waals surface area (Å²) >= 11 is 1.01. The first-order valence-electron chi connectivity index (χ1n) is 10.2. The van der Waals surface area contributed by atoms with Gasteiger partial charge in [0.25, 0.3) is 5.56 Å². The quantitative estimate of drug-likeness (QED) is 0.473. The molecular formula is C21H26F3N3O4S. The Morgan fingerprint density at radius 1 is 1.25 bits per heavy atom. The summed E-state index contributed by atoms with van der Waals surface area (Å²) in [6.45, 7) is 7.79. The van der Waals surface area contributed by atoms with Gasteiger partial charge in [-0.3, -0.25) is 23.7 Å². The number of aromatic nitrogens is 2. The summed E-state index contributed by atoms with van der Waals surface area (Å²) in [5, 5.41) is 0.212. The van der Waals surface area contributed by atoms with E-state index in [4.69, 9.17) is 4.74 Å². The number of hydrogen-bond acceptors (Lipinski definition) is 6. The summed E-state index contributed by atoms with van der Waals surface area (Å²) in [5.41, 5.74) is -2.05. The number of esters is 1. The largest absolute Gasteiger partial charge is 0.459 e. The minimum absolute atomic E-state index is 0.181. The number of halogens is 3. The summed E-state index contributed by atoms with van der Waals surface area (Å²) in [6.07, 6.45) is -3.01. The van der Waals surface area contributed by atoms with E-state index >= 15 is 0 Å². The first-order chi connectivity index (χ1) is 14.6.